The molecule has 3 heterocycles. The SMILES string of the molecule is CCCC1CCCCN1C(=O)c1cn(C2CNC2)nn1. The summed E-state index contributed by atoms with van der Waals surface area (Å²) in [5, 5.41) is 11.4. The van der Waals surface area contributed by atoms with Gasteiger partial charge in [0.1, 0.15) is 0 Å². The maximum Gasteiger partial charge on any atom is 0.276 e. The molecule has 1 unspecified atom stereocenters. The van der Waals surface area contributed by atoms with Gasteiger partial charge in [0.2, 0.25) is 0 Å². The standard InChI is InChI=1S/C14H23N5O/c1-2-5-11-6-3-4-7-18(11)14(20)13-10-19(17-16-13)12-8-15-9-12/h10-12,15H,2-9H2,1H3. The van der Waals surface area contributed by atoms with E-state index in [0.717, 1.165) is 45.3 Å². The van der Waals surface area contributed by atoms with Crippen molar-refractivity contribution in [2.45, 2.75) is 51.1 Å². The lowest BCUT2D eigenvalue weighted by Crippen LogP contribution is -2.44. The van der Waals surface area contributed by atoms with Crippen LogP contribution in [0.25, 0.3) is 0 Å². The first kappa shape index (κ1) is 13.5. The summed E-state index contributed by atoms with van der Waals surface area (Å²) in [6.45, 7) is 4.87. The third-order valence-corrected chi connectivity index (χ3v) is 4.37. The van der Waals surface area contributed by atoms with E-state index in [1.54, 1.807) is 0 Å². The van der Waals surface area contributed by atoms with Crippen LogP contribution in [0.1, 0.15) is 55.6 Å². The Balaban J connectivity index is 1.71. The van der Waals surface area contributed by atoms with Crippen LogP contribution in [0.4, 0.5) is 0 Å². The van der Waals surface area contributed by atoms with Gasteiger partial charge in [-0.1, -0.05) is 18.6 Å². The molecular formula is C14H23N5O. The van der Waals surface area contributed by atoms with E-state index in [1.165, 1.54) is 6.42 Å². The second-order valence-corrected chi connectivity index (χ2v) is 5.83. The summed E-state index contributed by atoms with van der Waals surface area (Å²) in [5.74, 6) is 0.0571. The van der Waals surface area contributed by atoms with E-state index in [2.05, 4.69) is 22.6 Å². The van der Waals surface area contributed by atoms with Crippen LogP contribution in [0, 0.1) is 0 Å². The minimum absolute atomic E-state index is 0.0571. The van der Waals surface area contributed by atoms with Gasteiger partial charge in [-0.25, -0.2) is 4.68 Å². The Morgan fingerprint density at radius 3 is 3.00 bits per heavy atom. The molecule has 2 fully saturated rings. The molecule has 1 N–H and O–H groups in total. The number of nitrogens with zero attached hydrogens (tertiary/aromatic N) is 4. The van der Waals surface area contributed by atoms with Gasteiger partial charge in [-0.3, -0.25) is 4.79 Å². The molecule has 110 valence electrons. The van der Waals surface area contributed by atoms with Gasteiger partial charge in [0, 0.05) is 25.7 Å². The number of likely N-dealkylation sites (tertiary alicyclic amines) is 1. The summed E-state index contributed by atoms with van der Waals surface area (Å²) in [6.07, 6.45) is 7.48. The van der Waals surface area contributed by atoms with Gasteiger partial charge in [0.05, 0.1) is 12.2 Å². The molecule has 0 spiro atoms. The van der Waals surface area contributed by atoms with Gasteiger partial charge in [0.15, 0.2) is 5.69 Å². The Hall–Kier alpha value is -1.43. The summed E-state index contributed by atoms with van der Waals surface area (Å²) < 4.78 is 1.82. The fraction of sp³-hybridized carbons (Fsp3) is 0.786. The minimum Gasteiger partial charge on any atom is -0.334 e. The molecule has 0 aliphatic carbocycles. The van der Waals surface area contributed by atoms with Crippen LogP contribution in [0.2, 0.25) is 0 Å². The lowest BCUT2D eigenvalue weighted by atomic mass is 9.98. The van der Waals surface area contributed by atoms with Crippen molar-refractivity contribution < 1.29 is 4.79 Å². The van der Waals surface area contributed by atoms with Crippen LogP contribution < -0.4 is 5.32 Å². The third kappa shape index (κ3) is 2.57. The number of carbonyl (C=O) groups is 1. The molecule has 0 bridgehead atoms. The number of nitrogens with one attached hydrogen (secondary N) is 1. The summed E-state index contributed by atoms with van der Waals surface area (Å²) >= 11 is 0. The molecule has 6 heteroatoms. The molecule has 1 amide bonds. The van der Waals surface area contributed by atoms with Gasteiger partial charge >= 0.3 is 0 Å². The molecule has 2 aliphatic heterocycles. The van der Waals surface area contributed by atoms with Gasteiger partial charge in [-0.2, -0.15) is 0 Å². The van der Waals surface area contributed by atoms with Crippen molar-refractivity contribution in [1.82, 2.24) is 25.2 Å². The van der Waals surface area contributed by atoms with Crippen LogP contribution in [-0.4, -0.2) is 51.5 Å². The average Bonchev–Trinajstić information content (AvgIpc) is 2.86. The number of carbonyl (C=O) groups excluding carboxylic acids is 1. The quantitative estimate of drug-likeness (QED) is 0.899. The molecular weight excluding hydrogens is 254 g/mol. The average molecular weight is 277 g/mol. The Labute approximate surface area is 119 Å². The number of rotatable bonds is 4. The van der Waals surface area contributed by atoms with Gasteiger partial charge in [-0.15, -0.1) is 5.10 Å². The maximum absolute atomic E-state index is 12.6. The highest BCUT2D eigenvalue weighted by molar-refractivity contribution is 5.92. The minimum atomic E-state index is 0.0571. The first-order valence-electron chi connectivity index (χ1n) is 7.73. The molecule has 0 saturated carbocycles. The van der Waals surface area contributed by atoms with Crippen molar-refractivity contribution in [3.05, 3.63) is 11.9 Å². The molecule has 20 heavy (non-hydrogen) atoms. The molecule has 3 rings (SSSR count). The summed E-state index contributed by atoms with van der Waals surface area (Å²) in [6, 6.07) is 0.744. The zero-order valence-corrected chi connectivity index (χ0v) is 12.1. The number of amides is 1. The van der Waals surface area contributed by atoms with Crippen molar-refractivity contribution in [1.29, 1.82) is 0 Å². The number of aromatic nitrogens is 3. The normalized spacial score (nSPS) is 23.6. The highest BCUT2D eigenvalue weighted by Crippen LogP contribution is 2.22. The lowest BCUT2D eigenvalue weighted by Gasteiger charge is -2.35. The highest BCUT2D eigenvalue weighted by atomic mass is 16.2. The molecule has 0 aromatic carbocycles. The molecule has 1 aromatic heterocycles. The molecule has 1 atom stereocenters. The van der Waals surface area contributed by atoms with E-state index in [-0.39, 0.29) is 5.91 Å². The first-order chi connectivity index (χ1) is 9.79. The summed E-state index contributed by atoms with van der Waals surface area (Å²) in [4.78, 5) is 14.6. The van der Waals surface area contributed by atoms with E-state index in [0.29, 0.717) is 17.8 Å². The second-order valence-electron chi connectivity index (χ2n) is 5.83. The van der Waals surface area contributed by atoms with Crippen LogP contribution in [0.3, 0.4) is 0 Å². The van der Waals surface area contributed by atoms with Gasteiger partial charge in [-0.05, 0) is 25.7 Å². The van der Waals surface area contributed by atoms with Crippen LogP contribution in [-0.2, 0) is 0 Å². The van der Waals surface area contributed by atoms with Crippen molar-refractivity contribution in [3.8, 4) is 0 Å². The molecule has 6 nitrogen and oxygen atoms in total. The Kier molecular flexibility index (Phi) is 4.00. The van der Waals surface area contributed by atoms with Crippen LogP contribution >= 0.6 is 0 Å². The number of hydrogen-bond donors (Lipinski definition) is 1. The predicted octanol–water partition coefficient (Wildman–Crippen LogP) is 1.22. The Bertz CT molecular complexity index is 466. The van der Waals surface area contributed by atoms with Gasteiger partial charge in [0.25, 0.3) is 5.91 Å². The van der Waals surface area contributed by atoms with E-state index in [9.17, 15) is 4.79 Å². The first-order valence-corrected chi connectivity index (χ1v) is 7.73. The van der Waals surface area contributed by atoms with E-state index >= 15 is 0 Å². The van der Waals surface area contributed by atoms with Crippen molar-refractivity contribution in [3.63, 3.8) is 0 Å². The number of piperidine rings is 1. The van der Waals surface area contributed by atoms with E-state index in [1.807, 2.05) is 15.8 Å². The predicted molar refractivity (Wildman–Crippen MR) is 75.5 cm³/mol. The largest absolute Gasteiger partial charge is 0.334 e. The summed E-state index contributed by atoms with van der Waals surface area (Å²) in [7, 11) is 0. The number of hydrogen-bond acceptors (Lipinski definition) is 4. The van der Waals surface area contributed by atoms with Crippen LogP contribution in [0.15, 0.2) is 6.20 Å². The fourth-order valence-electron chi connectivity index (χ4n) is 3.06. The molecule has 2 aliphatic rings. The molecule has 0 radical (unpaired) electrons. The van der Waals surface area contributed by atoms with Crippen molar-refractivity contribution >= 4 is 5.91 Å². The smallest absolute Gasteiger partial charge is 0.276 e. The zero-order chi connectivity index (χ0) is 13.9. The maximum atomic E-state index is 12.6. The van der Waals surface area contributed by atoms with Crippen molar-refractivity contribution in [2.75, 3.05) is 19.6 Å². The topological polar surface area (TPSA) is 63.1 Å². The van der Waals surface area contributed by atoms with E-state index < -0.39 is 0 Å². The van der Waals surface area contributed by atoms with Gasteiger partial charge < -0.3 is 10.2 Å². The zero-order valence-electron chi connectivity index (χ0n) is 12.1. The molecule has 1 aromatic rings. The van der Waals surface area contributed by atoms with Crippen molar-refractivity contribution in [2.24, 2.45) is 0 Å². The monoisotopic (exact) mass is 277 g/mol. The second kappa shape index (κ2) is 5.91. The Morgan fingerprint density at radius 1 is 1.45 bits per heavy atom. The lowest BCUT2D eigenvalue weighted by molar-refractivity contribution is 0.0594. The fourth-order valence-corrected chi connectivity index (χ4v) is 3.06. The third-order valence-electron chi connectivity index (χ3n) is 4.37. The molecule has 2 saturated heterocycles. The highest BCUT2D eigenvalue weighted by Gasteiger charge is 2.29. The Morgan fingerprint density at radius 2 is 2.30 bits per heavy atom. The summed E-state index contributed by atoms with van der Waals surface area (Å²) in [5.41, 5.74) is 0.500. The van der Waals surface area contributed by atoms with E-state index in [4.69, 9.17) is 0 Å². The van der Waals surface area contributed by atoms with Crippen LogP contribution in [0.5, 0.6) is 0 Å².